The highest BCUT2D eigenvalue weighted by Gasteiger charge is 2.41. The first-order valence-corrected chi connectivity index (χ1v) is 10.2. The monoisotopic (exact) mass is 460 g/mol. The lowest BCUT2D eigenvalue weighted by atomic mass is 10.1. The summed E-state index contributed by atoms with van der Waals surface area (Å²) in [6.07, 6.45) is 1.56. The van der Waals surface area contributed by atoms with Crippen molar-refractivity contribution in [2.45, 2.75) is 15.9 Å². The third-order valence-corrected chi connectivity index (χ3v) is 5.94. The molecule has 0 radical (unpaired) electrons. The van der Waals surface area contributed by atoms with Crippen LogP contribution in [-0.2, 0) is 14.6 Å². The van der Waals surface area contributed by atoms with E-state index in [0.717, 1.165) is 10.0 Å². The summed E-state index contributed by atoms with van der Waals surface area (Å²) in [5, 5.41) is 2.43. The molecule has 23 heavy (non-hydrogen) atoms. The van der Waals surface area contributed by atoms with E-state index in [2.05, 4.69) is 26.2 Å². The molecule has 10 heteroatoms. The van der Waals surface area contributed by atoms with Crippen molar-refractivity contribution in [3.05, 3.63) is 34.3 Å². The summed E-state index contributed by atoms with van der Waals surface area (Å²) < 4.78 is 22.4. The van der Waals surface area contributed by atoms with Gasteiger partial charge in [0.15, 0.2) is 9.84 Å². The maximum atomic E-state index is 11.8. The molecule has 1 aliphatic heterocycles. The molecule has 0 bridgehead atoms. The lowest BCUT2D eigenvalue weighted by molar-refractivity contribution is -0.120. The first-order chi connectivity index (χ1) is 10.6. The van der Waals surface area contributed by atoms with E-state index in [4.69, 9.17) is 34.8 Å². The number of halogens is 4. The number of alkyl halides is 3. The number of nitrogens with zero attached hydrogens (tertiary/aromatic N) is 1. The van der Waals surface area contributed by atoms with Gasteiger partial charge in [0.25, 0.3) is 9.70 Å². The van der Waals surface area contributed by atoms with Gasteiger partial charge in [0.2, 0.25) is 0 Å². The van der Waals surface area contributed by atoms with E-state index in [-0.39, 0.29) is 11.5 Å². The van der Waals surface area contributed by atoms with E-state index in [0.29, 0.717) is 0 Å². The van der Waals surface area contributed by atoms with Crippen LogP contribution in [0.4, 0.5) is 0 Å². The Kier molecular flexibility index (Phi) is 6.00. The highest BCUT2D eigenvalue weighted by Crippen LogP contribution is 2.27. The molecule has 0 spiro atoms. The molecule has 1 heterocycles. The summed E-state index contributed by atoms with van der Waals surface area (Å²) in [6.45, 7) is 0. The molecule has 0 unspecified atom stereocenters. The molecule has 1 aromatic carbocycles. The van der Waals surface area contributed by atoms with E-state index >= 15 is 0 Å². The molecular formula is C13H12BrCl3N2O3S. The van der Waals surface area contributed by atoms with Gasteiger partial charge < -0.3 is 5.32 Å². The number of amides is 1. The maximum Gasteiger partial charge on any atom is 0.272 e. The second-order valence-electron chi connectivity index (χ2n) is 5.05. The van der Waals surface area contributed by atoms with Crippen molar-refractivity contribution in [2.24, 2.45) is 4.99 Å². The summed E-state index contributed by atoms with van der Waals surface area (Å²) in [7, 11) is -3.31. The van der Waals surface area contributed by atoms with Gasteiger partial charge in [0, 0.05) is 10.7 Å². The Morgan fingerprint density at radius 2 is 1.87 bits per heavy atom. The van der Waals surface area contributed by atoms with Crippen LogP contribution in [0.25, 0.3) is 0 Å². The van der Waals surface area contributed by atoms with Crippen LogP contribution in [0.1, 0.15) is 5.56 Å². The quantitative estimate of drug-likeness (QED) is 0.554. The van der Waals surface area contributed by atoms with Crippen molar-refractivity contribution in [1.82, 2.24) is 5.32 Å². The van der Waals surface area contributed by atoms with Crippen molar-refractivity contribution in [2.75, 3.05) is 11.5 Å². The standard InChI is InChI=1S/C13H12BrCl3N2O3S/c14-9-3-1-8(2-4-9)5-18-10-6-23(21,22)7-11(10)19-12(20)13(15,16)17/h1-5,10-11H,6-7H2,(H,19,20)/t10-,11+/m1/s1. The number of nitrogens with one attached hydrogen (secondary N) is 1. The minimum absolute atomic E-state index is 0.162. The van der Waals surface area contributed by atoms with Crippen LogP contribution < -0.4 is 5.32 Å². The van der Waals surface area contributed by atoms with Crippen LogP contribution in [0.3, 0.4) is 0 Å². The van der Waals surface area contributed by atoms with E-state index in [9.17, 15) is 13.2 Å². The second kappa shape index (κ2) is 7.27. The largest absolute Gasteiger partial charge is 0.346 e. The molecule has 1 N–H and O–H groups in total. The lowest BCUT2D eigenvalue weighted by Crippen LogP contribution is -2.46. The number of hydrogen-bond donors (Lipinski definition) is 1. The zero-order chi connectivity index (χ0) is 17.3. The van der Waals surface area contributed by atoms with Crippen molar-refractivity contribution in [3.63, 3.8) is 0 Å². The van der Waals surface area contributed by atoms with Crippen LogP contribution in [0, 0.1) is 0 Å². The average Bonchev–Trinajstić information content (AvgIpc) is 2.71. The third kappa shape index (κ3) is 5.60. The first-order valence-electron chi connectivity index (χ1n) is 6.44. The first kappa shape index (κ1) is 19.0. The number of hydrogen-bond acceptors (Lipinski definition) is 4. The number of benzene rings is 1. The Morgan fingerprint density at radius 3 is 2.43 bits per heavy atom. The predicted octanol–water partition coefficient (Wildman–Crippen LogP) is 2.52. The molecule has 1 aliphatic rings. The van der Waals surface area contributed by atoms with E-state index in [1.807, 2.05) is 24.3 Å². The fourth-order valence-electron chi connectivity index (χ4n) is 2.09. The molecular weight excluding hydrogens is 450 g/mol. The molecule has 1 amide bonds. The zero-order valence-corrected chi connectivity index (χ0v) is 16.2. The normalized spacial score (nSPS) is 24.0. The van der Waals surface area contributed by atoms with Gasteiger partial charge in [-0.3, -0.25) is 9.79 Å². The number of rotatable bonds is 3. The van der Waals surface area contributed by atoms with Gasteiger partial charge in [-0.15, -0.1) is 0 Å². The fourth-order valence-corrected chi connectivity index (χ4v) is 4.35. The molecule has 0 saturated carbocycles. The molecule has 0 aromatic heterocycles. The van der Waals surface area contributed by atoms with Crippen molar-refractivity contribution in [1.29, 1.82) is 0 Å². The molecule has 5 nitrogen and oxygen atoms in total. The molecule has 0 aliphatic carbocycles. The molecule has 1 aromatic rings. The summed E-state index contributed by atoms with van der Waals surface area (Å²) >= 11 is 19.8. The lowest BCUT2D eigenvalue weighted by Gasteiger charge is -2.19. The predicted molar refractivity (Wildman–Crippen MR) is 96.4 cm³/mol. The Labute approximate surface area is 157 Å². The third-order valence-electron chi connectivity index (χ3n) is 3.18. The van der Waals surface area contributed by atoms with Gasteiger partial charge in [-0.05, 0) is 17.7 Å². The molecule has 2 atom stereocenters. The minimum atomic E-state index is -3.31. The molecule has 1 fully saturated rings. The van der Waals surface area contributed by atoms with Gasteiger partial charge >= 0.3 is 0 Å². The number of sulfone groups is 1. The Hall–Kier alpha value is -0.340. The average molecular weight is 463 g/mol. The van der Waals surface area contributed by atoms with Crippen molar-refractivity contribution >= 4 is 72.7 Å². The number of carbonyl (C=O) groups is 1. The van der Waals surface area contributed by atoms with E-state index < -0.39 is 31.6 Å². The highest BCUT2D eigenvalue weighted by molar-refractivity contribution is 9.10. The molecule has 1 saturated heterocycles. The van der Waals surface area contributed by atoms with Gasteiger partial charge in [-0.2, -0.15) is 0 Å². The van der Waals surface area contributed by atoms with Crippen molar-refractivity contribution < 1.29 is 13.2 Å². The smallest absolute Gasteiger partial charge is 0.272 e. The Balaban J connectivity index is 2.14. The van der Waals surface area contributed by atoms with Gasteiger partial charge in [0.1, 0.15) is 0 Å². The summed E-state index contributed by atoms with van der Waals surface area (Å²) in [5.74, 6) is -1.26. The molecule has 2 rings (SSSR count). The van der Waals surface area contributed by atoms with Crippen molar-refractivity contribution in [3.8, 4) is 0 Å². The van der Waals surface area contributed by atoms with Gasteiger partial charge in [-0.1, -0.05) is 62.9 Å². The summed E-state index contributed by atoms with van der Waals surface area (Å²) in [6, 6.07) is 5.98. The summed E-state index contributed by atoms with van der Waals surface area (Å²) in [5.41, 5.74) is 0.809. The SMILES string of the molecule is O=C(N[C@H]1CS(=O)(=O)C[C@H]1N=Cc1ccc(Br)cc1)C(Cl)(Cl)Cl. The fraction of sp³-hybridized carbons (Fsp3) is 0.385. The Morgan fingerprint density at radius 1 is 1.26 bits per heavy atom. The van der Waals surface area contributed by atoms with Crippen LogP contribution in [-0.4, -0.2) is 47.9 Å². The molecule has 126 valence electrons. The van der Waals surface area contributed by atoms with Crippen LogP contribution in [0.15, 0.2) is 33.7 Å². The Bertz CT molecular complexity index is 717. The van der Waals surface area contributed by atoms with Crippen LogP contribution >= 0.6 is 50.7 Å². The second-order valence-corrected chi connectivity index (χ2v) is 10.4. The zero-order valence-electron chi connectivity index (χ0n) is 11.5. The topological polar surface area (TPSA) is 75.6 Å². The number of carbonyl (C=O) groups excluding carboxylic acids is 1. The van der Waals surface area contributed by atoms with Gasteiger partial charge in [0.05, 0.1) is 23.6 Å². The minimum Gasteiger partial charge on any atom is -0.346 e. The van der Waals surface area contributed by atoms with E-state index in [1.165, 1.54) is 0 Å². The highest BCUT2D eigenvalue weighted by atomic mass is 79.9. The van der Waals surface area contributed by atoms with Crippen LogP contribution in [0.2, 0.25) is 0 Å². The maximum absolute atomic E-state index is 11.8. The van der Waals surface area contributed by atoms with E-state index in [1.54, 1.807) is 6.21 Å². The van der Waals surface area contributed by atoms with Crippen LogP contribution in [0.5, 0.6) is 0 Å². The van der Waals surface area contributed by atoms with Gasteiger partial charge in [-0.25, -0.2) is 8.42 Å². The summed E-state index contributed by atoms with van der Waals surface area (Å²) in [4.78, 5) is 16.0. The number of aliphatic imine (C=N–C) groups is 1.